The Kier molecular flexibility index (Phi) is 3.51. The van der Waals surface area contributed by atoms with Gasteiger partial charge in [0.25, 0.3) is 0 Å². The zero-order chi connectivity index (χ0) is 11.5. The van der Waals surface area contributed by atoms with E-state index >= 15 is 0 Å². The predicted molar refractivity (Wildman–Crippen MR) is 57.1 cm³/mol. The Bertz CT molecular complexity index is 362. The normalized spacial score (nSPS) is 25.7. The van der Waals surface area contributed by atoms with Gasteiger partial charge in [-0.15, -0.1) is 0 Å². The molecule has 2 atom stereocenters. The van der Waals surface area contributed by atoms with Crippen molar-refractivity contribution < 1.29 is 13.5 Å². The SMILES string of the molecule is CCC1COC(c2cccc(F)c2F)CN1. The quantitative estimate of drug-likeness (QED) is 0.837. The van der Waals surface area contributed by atoms with Gasteiger partial charge < -0.3 is 10.1 Å². The first kappa shape index (κ1) is 11.5. The first-order chi connectivity index (χ1) is 7.72. The van der Waals surface area contributed by atoms with Gasteiger partial charge in [0.15, 0.2) is 11.6 Å². The molecule has 2 nitrogen and oxygen atoms in total. The molecule has 1 saturated heterocycles. The third-order valence-corrected chi connectivity index (χ3v) is 2.91. The molecule has 4 heteroatoms. The first-order valence-electron chi connectivity index (χ1n) is 5.51. The second-order valence-corrected chi connectivity index (χ2v) is 3.98. The zero-order valence-corrected chi connectivity index (χ0v) is 9.17. The number of ether oxygens (including phenoxy) is 1. The van der Waals surface area contributed by atoms with Crippen molar-refractivity contribution in [2.45, 2.75) is 25.5 Å². The van der Waals surface area contributed by atoms with Crippen LogP contribution in [0.25, 0.3) is 0 Å². The number of hydrogen-bond acceptors (Lipinski definition) is 2. The number of morpholine rings is 1. The first-order valence-corrected chi connectivity index (χ1v) is 5.51. The van der Waals surface area contributed by atoms with Crippen LogP contribution in [-0.2, 0) is 4.74 Å². The number of halogens is 2. The van der Waals surface area contributed by atoms with Crippen molar-refractivity contribution in [3.63, 3.8) is 0 Å². The topological polar surface area (TPSA) is 21.3 Å². The summed E-state index contributed by atoms with van der Waals surface area (Å²) in [7, 11) is 0. The molecule has 88 valence electrons. The van der Waals surface area contributed by atoms with E-state index in [9.17, 15) is 8.78 Å². The van der Waals surface area contributed by atoms with Crippen LogP contribution in [0.3, 0.4) is 0 Å². The molecule has 0 aliphatic carbocycles. The smallest absolute Gasteiger partial charge is 0.164 e. The molecule has 1 N–H and O–H groups in total. The summed E-state index contributed by atoms with van der Waals surface area (Å²) in [5.41, 5.74) is 0.294. The van der Waals surface area contributed by atoms with E-state index in [1.807, 2.05) is 0 Å². The van der Waals surface area contributed by atoms with Crippen molar-refractivity contribution >= 4 is 0 Å². The Balaban J connectivity index is 2.11. The Morgan fingerprint density at radius 3 is 2.88 bits per heavy atom. The summed E-state index contributed by atoms with van der Waals surface area (Å²) in [5.74, 6) is -1.62. The van der Waals surface area contributed by atoms with E-state index in [0.717, 1.165) is 12.5 Å². The van der Waals surface area contributed by atoms with Crippen molar-refractivity contribution in [3.8, 4) is 0 Å². The molecule has 0 amide bonds. The predicted octanol–water partition coefficient (Wildman–Crippen LogP) is 2.40. The van der Waals surface area contributed by atoms with Crippen LogP contribution in [0.1, 0.15) is 25.0 Å². The van der Waals surface area contributed by atoms with E-state index in [2.05, 4.69) is 12.2 Å². The largest absolute Gasteiger partial charge is 0.370 e. The Labute approximate surface area is 93.6 Å². The highest BCUT2D eigenvalue weighted by Crippen LogP contribution is 2.24. The van der Waals surface area contributed by atoms with Gasteiger partial charge in [0.05, 0.1) is 12.7 Å². The Morgan fingerprint density at radius 2 is 2.25 bits per heavy atom. The Morgan fingerprint density at radius 1 is 1.44 bits per heavy atom. The fraction of sp³-hybridized carbons (Fsp3) is 0.500. The van der Waals surface area contributed by atoms with Crippen molar-refractivity contribution in [2.24, 2.45) is 0 Å². The summed E-state index contributed by atoms with van der Waals surface area (Å²) < 4.78 is 32.0. The molecule has 0 saturated carbocycles. The van der Waals surface area contributed by atoms with Crippen LogP contribution in [0.4, 0.5) is 8.78 Å². The van der Waals surface area contributed by atoms with Crippen LogP contribution in [0.5, 0.6) is 0 Å². The lowest BCUT2D eigenvalue weighted by Gasteiger charge is -2.30. The van der Waals surface area contributed by atoms with Gasteiger partial charge in [-0.25, -0.2) is 8.78 Å². The molecule has 0 radical (unpaired) electrons. The van der Waals surface area contributed by atoms with Gasteiger partial charge in [0.2, 0.25) is 0 Å². The highest BCUT2D eigenvalue weighted by atomic mass is 19.2. The van der Waals surface area contributed by atoms with Gasteiger partial charge in [-0.05, 0) is 12.5 Å². The molecule has 1 aliphatic heterocycles. The average molecular weight is 227 g/mol. The minimum absolute atomic E-state index is 0.294. The third kappa shape index (κ3) is 2.23. The maximum absolute atomic E-state index is 13.5. The highest BCUT2D eigenvalue weighted by molar-refractivity contribution is 5.22. The highest BCUT2D eigenvalue weighted by Gasteiger charge is 2.24. The van der Waals surface area contributed by atoms with Gasteiger partial charge in [-0.3, -0.25) is 0 Å². The van der Waals surface area contributed by atoms with E-state index in [1.165, 1.54) is 6.07 Å². The molecule has 0 aromatic heterocycles. The number of rotatable bonds is 2. The summed E-state index contributed by atoms with van der Waals surface area (Å²) >= 11 is 0. The molecule has 0 spiro atoms. The van der Waals surface area contributed by atoms with E-state index in [1.54, 1.807) is 6.07 Å². The van der Waals surface area contributed by atoms with Crippen LogP contribution in [0.15, 0.2) is 18.2 Å². The van der Waals surface area contributed by atoms with Crippen LogP contribution in [0.2, 0.25) is 0 Å². The number of nitrogens with one attached hydrogen (secondary N) is 1. The fourth-order valence-corrected chi connectivity index (χ4v) is 1.85. The lowest BCUT2D eigenvalue weighted by Crippen LogP contribution is -2.42. The second-order valence-electron chi connectivity index (χ2n) is 3.98. The van der Waals surface area contributed by atoms with Gasteiger partial charge in [-0.2, -0.15) is 0 Å². The van der Waals surface area contributed by atoms with Gasteiger partial charge >= 0.3 is 0 Å². The van der Waals surface area contributed by atoms with Crippen molar-refractivity contribution in [3.05, 3.63) is 35.4 Å². The lowest BCUT2D eigenvalue weighted by molar-refractivity contribution is 0.0000485. The minimum atomic E-state index is -0.821. The molecule has 1 aliphatic rings. The molecule has 1 aromatic carbocycles. The van der Waals surface area contributed by atoms with Gasteiger partial charge in [0.1, 0.15) is 0 Å². The molecule has 1 heterocycles. The minimum Gasteiger partial charge on any atom is -0.370 e. The maximum atomic E-state index is 13.5. The van der Waals surface area contributed by atoms with Crippen LogP contribution >= 0.6 is 0 Å². The summed E-state index contributed by atoms with van der Waals surface area (Å²) in [4.78, 5) is 0. The van der Waals surface area contributed by atoms with Crippen LogP contribution in [-0.4, -0.2) is 19.2 Å². The molecular formula is C12H15F2NO. The van der Waals surface area contributed by atoms with E-state index in [-0.39, 0.29) is 0 Å². The summed E-state index contributed by atoms with van der Waals surface area (Å²) in [6.45, 7) is 3.13. The third-order valence-electron chi connectivity index (χ3n) is 2.91. The molecule has 1 fully saturated rings. The molecule has 2 rings (SSSR count). The van der Waals surface area contributed by atoms with Crippen LogP contribution in [0, 0.1) is 11.6 Å². The molecule has 0 bridgehead atoms. The maximum Gasteiger partial charge on any atom is 0.164 e. The number of hydrogen-bond donors (Lipinski definition) is 1. The van der Waals surface area contributed by atoms with Crippen LogP contribution < -0.4 is 5.32 Å². The molecular weight excluding hydrogens is 212 g/mol. The van der Waals surface area contributed by atoms with E-state index in [0.29, 0.717) is 24.8 Å². The van der Waals surface area contributed by atoms with Crippen molar-refractivity contribution in [1.29, 1.82) is 0 Å². The van der Waals surface area contributed by atoms with Gasteiger partial charge in [0, 0.05) is 18.2 Å². The fourth-order valence-electron chi connectivity index (χ4n) is 1.85. The molecule has 2 unspecified atom stereocenters. The zero-order valence-electron chi connectivity index (χ0n) is 9.17. The van der Waals surface area contributed by atoms with Gasteiger partial charge in [-0.1, -0.05) is 19.1 Å². The van der Waals surface area contributed by atoms with E-state index in [4.69, 9.17) is 4.74 Å². The number of benzene rings is 1. The second kappa shape index (κ2) is 4.89. The molecule has 16 heavy (non-hydrogen) atoms. The van der Waals surface area contributed by atoms with Crippen molar-refractivity contribution in [1.82, 2.24) is 5.32 Å². The average Bonchev–Trinajstić information content (AvgIpc) is 2.33. The summed E-state index contributed by atoms with van der Waals surface area (Å²) in [6.07, 6.45) is 0.580. The monoisotopic (exact) mass is 227 g/mol. The summed E-state index contributed by atoms with van der Waals surface area (Å²) in [6, 6.07) is 4.50. The molecule has 1 aromatic rings. The van der Waals surface area contributed by atoms with E-state index < -0.39 is 17.7 Å². The summed E-state index contributed by atoms with van der Waals surface area (Å²) in [5, 5.41) is 3.25. The lowest BCUT2D eigenvalue weighted by atomic mass is 10.1. The van der Waals surface area contributed by atoms with Crippen molar-refractivity contribution in [2.75, 3.05) is 13.2 Å². The standard InChI is InChI=1S/C12H15F2NO/c1-2-8-7-16-11(6-15-8)9-4-3-5-10(13)12(9)14/h3-5,8,11,15H,2,6-7H2,1H3. The Hall–Kier alpha value is -1.00.